The van der Waals surface area contributed by atoms with Crippen molar-refractivity contribution in [1.82, 2.24) is 0 Å². The lowest BCUT2D eigenvalue weighted by molar-refractivity contribution is -0.298. The summed E-state index contributed by atoms with van der Waals surface area (Å²) in [6.07, 6.45) is 24.9. The average molecular weight is 739 g/mol. The number of esters is 2. The lowest BCUT2D eigenvalue weighted by Crippen LogP contribution is -2.60. The van der Waals surface area contributed by atoms with Gasteiger partial charge in [-0.3, -0.25) is 9.59 Å². The van der Waals surface area contributed by atoms with Gasteiger partial charge in [0.05, 0.1) is 6.61 Å². The lowest BCUT2D eigenvalue weighted by atomic mass is 9.99. The van der Waals surface area contributed by atoms with Gasteiger partial charge in [-0.05, 0) is 64.2 Å². The quantitative estimate of drug-likeness (QED) is 0.0304. The molecular weight excluding hydrogens is 668 g/mol. The van der Waals surface area contributed by atoms with E-state index < -0.39 is 61.3 Å². The second-order valence-corrected chi connectivity index (χ2v) is 13.8. The van der Waals surface area contributed by atoms with Gasteiger partial charge in [0.1, 0.15) is 24.9 Å². The summed E-state index contributed by atoms with van der Waals surface area (Å²) in [4.78, 5) is 36.6. The number of aliphatic carboxylic acids is 1. The number of hydrogen-bond donors (Lipinski definition) is 4. The number of aliphatic hydroxyl groups excluding tert-OH is 3. The molecule has 0 aliphatic carbocycles. The van der Waals surface area contributed by atoms with Crippen LogP contribution < -0.4 is 0 Å². The normalized spacial score (nSPS) is 21.3. The Morgan fingerprint density at radius 1 is 0.596 bits per heavy atom. The standard InChI is InChI=1S/C41H70O11/c1-3-5-7-9-11-13-15-16-17-18-20-21-23-25-27-29-34(42)49-31-33(32-50-41-38(46)36(44)37(45)39(52-41)40(47)48)51-35(43)30-28-26-24-22-19-14-12-10-8-6-4-2/h10-13,16-17,33,36-39,41,44-46H,3-9,14-15,18-32H2,1-2H3,(H,47,48)/b12-10-,13-11-,17-16-. The van der Waals surface area contributed by atoms with Gasteiger partial charge in [-0.2, -0.15) is 0 Å². The van der Waals surface area contributed by atoms with E-state index in [2.05, 4.69) is 50.3 Å². The summed E-state index contributed by atoms with van der Waals surface area (Å²) in [7, 11) is 0. The molecule has 0 saturated carbocycles. The largest absolute Gasteiger partial charge is 0.479 e. The molecule has 6 atom stereocenters. The van der Waals surface area contributed by atoms with Crippen molar-refractivity contribution in [1.29, 1.82) is 0 Å². The van der Waals surface area contributed by atoms with Gasteiger partial charge in [0.25, 0.3) is 0 Å². The van der Waals surface area contributed by atoms with Gasteiger partial charge in [-0.1, -0.05) is 115 Å². The first-order valence-corrected chi connectivity index (χ1v) is 20.0. The van der Waals surface area contributed by atoms with Crippen molar-refractivity contribution >= 4 is 17.9 Å². The lowest BCUT2D eigenvalue weighted by Gasteiger charge is -2.38. The van der Waals surface area contributed by atoms with Crippen LogP contribution in [0.4, 0.5) is 0 Å². The molecule has 0 amide bonds. The molecule has 0 radical (unpaired) electrons. The first kappa shape index (κ1) is 47.5. The van der Waals surface area contributed by atoms with E-state index in [1.54, 1.807) is 0 Å². The van der Waals surface area contributed by atoms with Crippen LogP contribution in [0.15, 0.2) is 36.5 Å². The Kier molecular flexibility index (Phi) is 29.1. The monoisotopic (exact) mass is 738 g/mol. The summed E-state index contributed by atoms with van der Waals surface area (Å²) in [6.45, 7) is 3.70. The highest BCUT2D eigenvalue weighted by Crippen LogP contribution is 2.23. The van der Waals surface area contributed by atoms with Crippen molar-refractivity contribution in [3.8, 4) is 0 Å². The van der Waals surface area contributed by atoms with Gasteiger partial charge in [0.2, 0.25) is 0 Å². The number of carboxylic acids is 1. The highest BCUT2D eigenvalue weighted by Gasteiger charge is 2.47. The maximum atomic E-state index is 12.7. The van der Waals surface area contributed by atoms with Crippen LogP contribution in [0, 0.1) is 0 Å². The van der Waals surface area contributed by atoms with Crippen LogP contribution in [0.2, 0.25) is 0 Å². The number of carbonyl (C=O) groups is 3. The zero-order chi connectivity index (χ0) is 38.2. The van der Waals surface area contributed by atoms with Gasteiger partial charge in [-0.15, -0.1) is 0 Å². The Bertz CT molecular complexity index is 1010. The minimum absolute atomic E-state index is 0.169. The fourth-order valence-electron chi connectivity index (χ4n) is 5.71. The van der Waals surface area contributed by atoms with E-state index in [0.29, 0.717) is 12.8 Å². The summed E-state index contributed by atoms with van der Waals surface area (Å²) < 4.78 is 21.6. The van der Waals surface area contributed by atoms with Crippen LogP contribution in [0.5, 0.6) is 0 Å². The Morgan fingerprint density at radius 3 is 1.67 bits per heavy atom. The predicted molar refractivity (Wildman–Crippen MR) is 201 cm³/mol. The van der Waals surface area contributed by atoms with Crippen molar-refractivity contribution in [2.24, 2.45) is 0 Å². The van der Waals surface area contributed by atoms with Crippen molar-refractivity contribution in [3.05, 3.63) is 36.5 Å². The molecule has 0 aromatic heterocycles. The van der Waals surface area contributed by atoms with Crippen LogP contribution in [0.1, 0.15) is 155 Å². The molecule has 300 valence electrons. The second-order valence-electron chi connectivity index (χ2n) is 13.8. The topological polar surface area (TPSA) is 169 Å². The van der Waals surface area contributed by atoms with E-state index in [1.807, 2.05) is 0 Å². The van der Waals surface area contributed by atoms with E-state index in [9.17, 15) is 34.8 Å². The van der Waals surface area contributed by atoms with Crippen LogP contribution in [0.3, 0.4) is 0 Å². The fraction of sp³-hybridized carbons (Fsp3) is 0.780. The Hall–Kier alpha value is -2.57. The summed E-state index contributed by atoms with van der Waals surface area (Å²) in [5.41, 5.74) is 0. The molecule has 11 nitrogen and oxygen atoms in total. The molecule has 1 fully saturated rings. The highest BCUT2D eigenvalue weighted by molar-refractivity contribution is 5.73. The van der Waals surface area contributed by atoms with Gasteiger partial charge in [-0.25, -0.2) is 4.79 Å². The second kappa shape index (κ2) is 31.9. The highest BCUT2D eigenvalue weighted by atomic mass is 16.7. The summed E-state index contributed by atoms with van der Waals surface area (Å²) in [5, 5.41) is 39.6. The third kappa shape index (κ3) is 23.9. The molecule has 1 saturated heterocycles. The van der Waals surface area contributed by atoms with E-state index >= 15 is 0 Å². The third-order valence-corrected chi connectivity index (χ3v) is 8.96. The van der Waals surface area contributed by atoms with Gasteiger partial charge >= 0.3 is 17.9 Å². The van der Waals surface area contributed by atoms with Crippen molar-refractivity contribution in [2.75, 3.05) is 13.2 Å². The van der Waals surface area contributed by atoms with Gasteiger partial charge < -0.3 is 39.4 Å². The fourth-order valence-corrected chi connectivity index (χ4v) is 5.71. The van der Waals surface area contributed by atoms with Crippen molar-refractivity contribution in [3.63, 3.8) is 0 Å². The molecule has 11 heteroatoms. The minimum Gasteiger partial charge on any atom is -0.479 e. The molecule has 0 bridgehead atoms. The van der Waals surface area contributed by atoms with Gasteiger partial charge in [0, 0.05) is 12.8 Å². The Labute approximate surface area is 312 Å². The average Bonchev–Trinajstić information content (AvgIpc) is 3.12. The Morgan fingerprint density at radius 2 is 1.10 bits per heavy atom. The smallest absolute Gasteiger partial charge is 0.335 e. The molecule has 1 aliphatic rings. The first-order valence-electron chi connectivity index (χ1n) is 20.0. The minimum atomic E-state index is -1.86. The summed E-state index contributed by atoms with van der Waals surface area (Å²) in [5.74, 6) is -2.48. The molecule has 6 unspecified atom stereocenters. The number of rotatable bonds is 32. The number of hydrogen-bond acceptors (Lipinski definition) is 10. The molecule has 4 N–H and O–H groups in total. The maximum Gasteiger partial charge on any atom is 0.335 e. The summed E-state index contributed by atoms with van der Waals surface area (Å²) >= 11 is 0. The number of carboxylic acid groups (broad SMARTS) is 1. The van der Waals surface area contributed by atoms with Crippen LogP contribution in [-0.4, -0.2) is 88.4 Å². The zero-order valence-electron chi connectivity index (χ0n) is 32.0. The molecule has 0 spiro atoms. The molecular formula is C41H70O11. The van der Waals surface area contributed by atoms with E-state index in [4.69, 9.17) is 18.9 Å². The number of unbranched alkanes of at least 4 members (excludes halogenated alkanes) is 15. The van der Waals surface area contributed by atoms with Crippen LogP contribution in [-0.2, 0) is 33.3 Å². The number of carbonyl (C=O) groups excluding carboxylic acids is 2. The van der Waals surface area contributed by atoms with E-state index in [1.165, 1.54) is 32.1 Å². The number of aliphatic hydroxyl groups is 3. The molecule has 1 aliphatic heterocycles. The molecule has 0 aromatic rings. The van der Waals surface area contributed by atoms with Crippen molar-refractivity contribution < 1.29 is 53.8 Å². The van der Waals surface area contributed by atoms with Gasteiger partial charge in [0.15, 0.2) is 18.5 Å². The van der Waals surface area contributed by atoms with Crippen LogP contribution in [0.25, 0.3) is 0 Å². The molecule has 0 aromatic carbocycles. The first-order chi connectivity index (χ1) is 25.2. The predicted octanol–water partition coefficient (Wildman–Crippen LogP) is 7.64. The van der Waals surface area contributed by atoms with E-state index in [0.717, 1.165) is 83.5 Å². The molecule has 1 rings (SSSR count). The summed E-state index contributed by atoms with van der Waals surface area (Å²) in [6, 6.07) is 0. The molecule has 52 heavy (non-hydrogen) atoms. The molecule has 1 heterocycles. The van der Waals surface area contributed by atoms with Crippen LogP contribution >= 0.6 is 0 Å². The number of allylic oxidation sites excluding steroid dienone is 6. The zero-order valence-corrected chi connectivity index (χ0v) is 32.0. The number of ether oxygens (including phenoxy) is 4. The van der Waals surface area contributed by atoms with E-state index in [-0.39, 0.29) is 19.4 Å². The SMILES string of the molecule is CCCC/C=C\CCCCCCCC(=O)OC(COC(=O)CCCCCCC/C=C\C/C=C\CCCCC)COC1OC(C(=O)O)C(O)C(O)C1O. The maximum absolute atomic E-state index is 12.7. The third-order valence-electron chi connectivity index (χ3n) is 8.96. The Balaban J connectivity index is 2.44. The van der Waals surface area contributed by atoms with Crippen molar-refractivity contribution in [2.45, 2.75) is 192 Å².